The van der Waals surface area contributed by atoms with Crippen LogP contribution in [0.2, 0.25) is 0 Å². The van der Waals surface area contributed by atoms with Crippen molar-refractivity contribution in [2.24, 2.45) is 11.8 Å². The maximum absolute atomic E-state index is 13.9. The predicted molar refractivity (Wildman–Crippen MR) is 188 cm³/mol. The molecule has 246 valence electrons. The van der Waals surface area contributed by atoms with Crippen LogP contribution in [0.25, 0.3) is 11.1 Å². The summed E-state index contributed by atoms with van der Waals surface area (Å²) in [5, 5.41) is 0. The standard InChI is InChI=1S/C40H50N6O/c1-5-36-41-25-32(26-42-36)31-17-20-38(44-24-31)46(39(47)21-16-28-10-7-6-8-11-28)33-18-14-30(15-19-33)23-37-43-27-34(40(2,3)4)35(45-37)22-29-12-9-13-29/h6-8,10-11,17,20,24-27,29-30,33H,5,9,12-16,18-19,21-23H2,1-4H3. The fourth-order valence-corrected chi connectivity index (χ4v) is 7.10. The molecule has 0 N–H and O–H groups in total. The van der Waals surface area contributed by atoms with Crippen molar-refractivity contribution in [1.29, 1.82) is 0 Å². The molecule has 0 unspecified atom stereocenters. The quantitative estimate of drug-likeness (QED) is 0.166. The molecule has 0 radical (unpaired) electrons. The van der Waals surface area contributed by atoms with E-state index in [0.29, 0.717) is 12.3 Å². The van der Waals surface area contributed by atoms with E-state index in [1.165, 1.54) is 36.1 Å². The normalized spacial score (nSPS) is 18.5. The van der Waals surface area contributed by atoms with Gasteiger partial charge in [0.15, 0.2) is 0 Å². The summed E-state index contributed by atoms with van der Waals surface area (Å²) in [6, 6.07) is 14.4. The Morgan fingerprint density at radius 1 is 0.766 bits per heavy atom. The molecule has 0 bridgehead atoms. The SMILES string of the molecule is CCc1ncc(-c2ccc(N(C(=O)CCc3ccccc3)C3CCC(Cc4ncc(C(C)(C)C)c(CC5CCC5)n4)CC3)nc2)cn1. The second kappa shape index (κ2) is 14.8. The largest absolute Gasteiger partial charge is 0.294 e. The summed E-state index contributed by atoms with van der Waals surface area (Å²) in [6.45, 7) is 8.85. The highest BCUT2D eigenvalue weighted by Crippen LogP contribution is 2.35. The zero-order chi connectivity index (χ0) is 32.8. The van der Waals surface area contributed by atoms with Crippen molar-refractivity contribution >= 4 is 11.7 Å². The third-order valence-corrected chi connectivity index (χ3v) is 10.2. The number of nitrogens with zero attached hydrogens (tertiary/aromatic N) is 6. The van der Waals surface area contributed by atoms with E-state index in [-0.39, 0.29) is 17.4 Å². The Hall–Kier alpha value is -4.00. The van der Waals surface area contributed by atoms with Crippen LogP contribution in [0.15, 0.2) is 67.3 Å². The van der Waals surface area contributed by atoms with Gasteiger partial charge in [-0.1, -0.05) is 77.3 Å². The summed E-state index contributed by atoms with van der Waals surface area (Å²) < 4.78 is 0. The van der Waals surface area contributed by atoms with Crippen LogP contribution in [0, 0.1) is 11.8 Å². The van der Waals surface area contributed by atoms with Crippen molar-refractivity contribution in [1.82, 2.24) is 24.9 Å². The number of anilines is 1. The van der Waals surface area contributed by atoms with Crippen LogP contribution in [0.3, 0.4) is 0 Å². The smallest absolute Gasteiger partial charge is 0.228 e. The first-order chi connectivity index (χ1) is 22.8. The van der Waals surface area contributed by atoms with Crippen molar-refractivity contribution < 1.29 is 4.79 Å². The molecule has 4 aromatic rings. The lowest BCUT2D eigenvalue weighted by Crippen LogP contribution is -2.43. The molecule has 0 atom stereocenters. The number of pyridine rings is 1. The van der Waals surface area contributed by atoms with Gasteiger partial charge >= 0.3 is 0 Å². The van der Waals surface area contributed by atoms with E-state index < -0.39 is 0 Å². The van der Waals surface area contributed by atoms with Crippen molar-refractivity contribution in [2.45, 2.75) is 116 Å². The van der Waals surface area contributed by atoms with E-state index in [1.807, 2.05) is 60.7 Å². The number of hydrogen-bond acceptors (Lipinski definition) is 6. The Balaban J connectivity index is 1.15. The highest BCUT2D eigenvalue weighted by atomic mass is 16.2. The number of benzene rings is 1. The van der Waals surface area contributed by atoms with Crippen molar-refractivity contribution in [3.05, 3.63) is 95.7 Å². The van der Waals surface area contributed by atoms with Gasteiger partial charge < -0.3 is 0 Å². The van der Waals surface area contributed by atoms with Gasteiger partial charge in [-0.15, -0.1) is 0 Å². The van der Waals surface area contributed by atoms with Gasteiger partial charge in [-0.3, -0.25) is 9.69 Å². The molecule has 47 heavy (non-hydrogen) atoms. The second-order valence-electron chi connectivity index (χ2n) is 14.7. The van der Waals surface area contributed by atoms with Gasteiger partial charge in [0.2, 0.25) is 5.91 Å². The molecule has 0 spiro atoms. The third kappa shape index (κ3) is 8.30. The molecule has 2 saturated carbocycles. The zero-order valence-corrected chi connectivity index (χ0v) is 28.7. The third-order valence-electron chi connectivity index (χ3n) is 10.2. The number of aryl methyl sites for hydroxylation is 2. The Labute approximate surface area is 280 Å². The number of carbonyl (C=O) groups excluding carboxylic acids is 1. The minimum Gasteiger partial charge on any atom is -0.294 e. The highest BCUT2D eigenvalue weighted by molar-refractivity contribution is 5.93. The van der Waals surface area contributed by atoms with Crippen LogP contribution >= 0.6 is 0 Å². The molecule has 2 aliphatic carbocycles. The zero-order valence-electron chi connectivity index (χ0n) is 28.7. The molecule has 1 aromatic carbocycles. The molecule has 6 rings (SSSR count). The summed E-state index contributed by atoms with van der Waals surface area (Å²) in [4.78, 5) is 39.7. The fourth-order valence-electron chi connectivity index (χ4n) is 7.10. The molecule has 2 aliphatic rings. The average Bonchev–Trinajstić information content (AvgIpc) is 3.07. The van der Waals surface area contributed by atoms with Gasteiger partial charge in [0, 0.05) is 66.9 Å². The molecule has 7 nitrogen and oxygen atoms in total. The lowest BCUT2D eigenvalue weighted by atomic mass is 9.78. The lowest BCUT2D eigenvalue weighted by molar-refractivity contribution is -0.119. The highest BCUT2D eigenvalue weighted by Gasteiger charge is 2.32. The summed E-state index contributed by atoms with van der Waals surface area (Å²) in [6.07, 6.45) is 19.6. The molecule has 3 aromatic heterocycles. The molecular formula is C40H50N6O. The van der Waals surface area contributed by atoms with E-state index >= 15 is 0 Å². The van der Waals surface area contributed by atoms with E-state index in [9.17, 15) is 4.79 Å². The molecule has 2 fully saturated rings. The second-order valence-corrected chi connectivity index (χ2v) is 14.7. The van der Waals surface area contributed by atoms with Gasteiger partial charge in [-0.05, 0) is 79.0 Å². The van der Waals surface area contributed by atoms with Gasteiger partial charge in [0.25, 0.3) is 0 Å². The Morgan fingerprint density at radius 3 is 2.06 bits per heavy atom. The van der Waals surface area contributed by atoms with Crippen LogP contribution in [-0.2, 0) is 35.9 Å². The first-order valence-corrected chi connectivity index (χ1v) is 17.8. The average molecular weight is 631 g/mol. The van der Waals surface area contributed by atoms with Crippen molar-refractivity contribution in [3.8, 4) is 11.1 Å². The van der Waals surface area contributed by atoms with Crippen LogP contribution in [0.4, 0.5) is 5.82 Å². The molecular weight excluding hydrogens is 580 g/mol. The van der Waals surface area contributed by atoms with Gasteiger partial charge in [0.1, 0.15) is 17.5 Å². The van der Waals surface area contributed by atoms with Gasteiger partial charge in [-0.25, -0.2) is 24.9 Å². The first kappa shape index (κ1) is 32.9. The van der Waals surface area contributed by atoms with Crippen LogP contribution in [-0.4, -0.2) is 36.9 Å². The van der Waals surface area contributed by atoms with Crippen molar-refractivity contribution in [2.75, 3.05) is 4.90 Å². The maximum atomic E-state index is 13.9. The number of aromatic nitrogens is 5. The summed E-state index contributed by atoms with van der Waals surface area (Å²) in [5.41, 5.74) is 5.66. The number of amides is 1. The molecule has 0 aliphatic heterocycles. The minimum atomic E-state index is 0.0475. The molecule has 1 amide bonds. The summed E-state index contributed by atoms with van der Waals surface area (Å²) in [7, 11) is 0. The minimum absolute atomic E-state index is 0.0475. The van der Waals surface area contributed by atoms with Gasteiger partial charge in [-0.2, -0.15) is 0 Å². The Kier molecular flexibility index (Phi) is 10.4. The topological polar surface area (TPSA) is 84.8 Å². The first-order valence-electron chi connectivity index (χ1n) is 17.8. The molecule has 0 saturated heterocycles. The maximum Gasteiger partial charge on any atom is 0.228 e. The van der Waals surface area contributed by atoms with Crippen molar-refractivity contribution in [3.63, 3.8) is 0 Å². The summed E-state index contributed by atoms with van der Waals surface area (Å²) >= 11 is 0. The van der Waals surface area contributed by atoms with Crippen LogP contribution < -0.4 is 4.90 Å². The lowest BCUT2D eigenvalue weighted by Gasteiger charge is -2.36. The predicted octanol–water partition coefficient (Wildman–Crippen LogP) is 8.30. The number of hydrogen-bond donors (Lipinski definition) is 0. The van der Waals surface area contributed by atoms with Crippen LogP contribution in [0.1, 0.15) is 108 Å². The van der Waals surface area contributed by atoms with E-state index in [2.05, 4.69) is 49.1 Å². The fraction of sp³-hybridized carbons (Fsp3) is 0.500. The van der Waals surface area contributed by atoms with Crippen LogP contribution in [0.5, 0.6) is 0 Å². The Bertz CT molecular complexity index is 1600. The molecule has 7 heteroatoms. The monoisotopic (exact) mass is 630 g/mol. The van der Waals surface area contributed by atoms with E-state index in [4.69, 9.17) is 15.0 Å². The Morgan fingerprint density at radius 2 is 1.45 bits per heavy atom. The molecule has 3 heterocycles. The number of carbonyl (C=O) groups is 1. The number of rotatable bonds is 11. The summed E-state index contributed by atoms with van der Waals surface area (Å²) in [5.74, 6) is 3.97. The van der Waals surface area contributed by atoms with Gasteiger partial charge in [0.05, 0.1) is 0 Å². The van der Waals surface area contributed by atoms with E-state index in [0.717, 1.165) is 85.9 Å². The van der Waals surface area contributed by atoms with E-state index in [1.54, 1.807) is 0 Å².